The van der Waals surface area contributed by atoms with E-state index < -0.39 is 0 Å². The molecule has 5 nitrogen and oxygen atoms in total. The van der Waals surface area contributed by atoms with Crippen LogP contribution >= 0.6 is 11.3 Å². The standard InChI is InChI=1S/C18H27N5S/c1-14-21-17(13-24-14)12-23-7-4-5-15(6-8-23)9-16-10-20-18(11-19-16)22(2)3/h10-11,13,15H,4-9,12H2,1-3H3/t15-/m0/s1. The maximum Gasteiger partial charge on any atom is 0.146 e. The van der Waals surface area contributed by atoms with E-state index in [4.69, 9.17) is 0 Å². The lowest BCUT2D eigenvalue weighted by Crippen LogP contribution is -2.24. The van der Waals surface area contributed by atoms with E-state index in [1.54, 1.807) is 11.3 Å². The molecule has 24 heavy (non-hydrogen) atoms. The molecule has 0 spiro atoms. The number of hydrogen-bond acceptors (Lipinski definition) is 6. The summed E-state index contributed by atoms with van der Waals surface area (Å²) in [6, 6.07) is 0. The second-order valence-electron chi connectivity index (χ2n) is 6.90. The number of hydrogen-bond donors (Lipinski definition) is 0. The summed E-state index contributed by atoms with van der Waals surface area (Å²) in [6.07, 6.45) is 8.64. The van der Waals surface area contributed by atoms with Crippen molar-refractivity contribution in [3.8, 4) is 0 Å². The Bertz CT molecular complexity index is 637. The number of nitrogens with zero attached hydrogens (tertiary/aromatic N) is 5. The van der Waals surface area contributed by atoms with Gasteiger partial charge in [-0.3, -0.25) is 9.88 Å². The molecule has 1 saturated heterocycles. The molecule has 0 bridgehead atoms. The zero-order valence-electron chi connectivity index (χ0n) is 14.9. The molecule has 0 radical (unpaired) electrons. The highest BCUT2D eigenvalue weighted by Gasteiger charge is 2.18. The van der Waals surface area contributed by atoms with Crippen LogP contribution in [-0.4, -0.2) is 47.0 Å². The number of likely N-dealkylation sites (tertiary alicyclic amines) is 1. The summed E-state index contributed by atoms with van der Waals surface area (Å²) in [5.41, 5.74) is 2.34. The van der Waals surface area contributed by atoms with E-state index in [0.717, 1.165) is 36.0 Å². The molecule has 2 aromatic heterocycles. The van der Waals surface area contributed by atoms with E-state index in [0.29, 0.717) is 5.92 Å². The van der Waals surface area contributed by atoms with Crippen LogP contribution in [0.3, 0.4) is 0 Å². The lowest BCUT2D eigenvalue weighted by atomic mass is 9.95. The molecular weight excluding hydrogens is 318 g/mol. The van der Waals surface area contributed by atoms with Crippen molar-refractivity contribution in [3.05, 3.63) is 34.2 Å². The summed E-state index contributed by atoms with van der Waals surface area (Å²) in [7, 11) is 3.99. The van der Waals surface area contributed by atoms with Gasteiger partial charge in [-0.05, 0) is 51.6 Å². The average Bonchev–Trinajstić information content (AvgIpc) is 2.84. The summed E-state index contributed by atoms with van der Waals surface area (Å²) in [6.45, 7) is 5.41. The van der Waals surface area contributed by atoms with Gasteiger partial charge in [0.1, 0.15) is 5.82 Å². The van der Waals surface area contributed by atoms with Gasteiger partial charge in [0.15, 0.2) is 0 Å². The Morgan fingerprint density at radius 1 is 1.17 bits per heavy atom. The summed E-state index contributed by atoms with van der Waals surface area (Å²) in [5.74, 6) is 1.64. The van der Waals surface area contributed by atoms with Gasteiger partial charge in [-0.1, -0.05) is 0 Å². The van der Waals surface area contributed by atoms with Crippen LogP contribution < -0.4 is 4.90 Å². The number of aryl methyl sites for hydroxylation is 1. The number of thiazole rings is 1. The smallest absolute Gasteiger partial charge is 0.146 e. The van der Waals surface area contributed by atoms with Crippen molar-refractivity contribution in [2.45, 2.75) is 39.2 Å². The van der Waals surface area contributed by atoms with Crippen LogP contribution in [0.4, 0.5) is 5.82 Å². The molecule has 1 atom stereocenters. The molecule has 3 rings (SSSR count). The Morgan fingerprint density at radius 2 is 2.04 bits per heavy atom. The summed E-state index contributed by atoms with van der Waals surface area (Å²) < 4.78 is 0. The zero-order valence-corrected chi connectivity index (χ0v) is 15.7. The van der Waals surface area contributed by atoms with Crippen LogP contribution in [0, 0.1) is 12.8 Å². The van der Waals surface area contributed by atoms with Crippen molar-refractivity contribution < 1.29 is 0 Å². The van der Waals surface area contributed by atoms with E-state index in [1.165, 1.54) is 31.5 Å². The fourth-order valence-electron chi connectivity index (χ4n) is 3.28. The third-order valence-corrected chi connectivity index (χ3v) is 5.46. The number of rotatable bonds is 5. The molecule has 3 heterocycles. The Kier molecular flexibility index (Phi) is 5.79. The highest BCUT2D eigenvalue weighted by molar-refractivity contribution is 7.09. The summed E-state index contributed by atoms with van der Waals surface area (Å²) in [4.78, 5) is 18.2. The van der Waals surface area contributed by atoms with Gasteiger partial charge in [0.2, 0.25) is 0 Å². The van der Waals surface area contributed by atoms with Crippen molar-refractivity contribution in [1.29, 1.82) is 0 Å². The molecule has 0 N–H and O–H groups in total. The quantitative estimate of drug-likeness (QED) is 0.833. The fourth-order valence-corrected chi connectivity index (χ4v) is 3.88. The summed E-state index contributed by atoms with van der Waals surface area (Å²) >= 11 is 1.75. The van der Waals surface area contributed by atoms with Crippen LogP contribution in [0.2, 0.25) is 0 Å². The molecule has 1 aliphatic heterocycles. The van der Waals surface area contributed by atoms with Crippen LogP contribution in [0.25, 0.3) is 0 Å². The molecule has 1 fully saturated rings. The Morgan fingerprint density at radius 3 is 2.71 bits per heavy atom. The topological polar surface area (TPSA) is 45.2 Å². The number of aromatic nitrogens is 3. The van der Waals surface area contributed by atoms with E-state index >= 15 is 0 Å². The molecule has 130 valence electrons. The minimum Gasteiger partial charge on any atom is -0.361 e. The maximum absolute atomic E-state index is 4.60. The van der Waals surface area contributed by atoms with E-state index in [-0.39, 0.29) is 0 Å². The van der Waals surface area contributed by atoms with Gasteiger partial charge in [0, 0.05) is 26.0 Å². The average molecular weight is 346 g/mol. The van der Waals surface area contributed by atoms with Gasteiger partial charge in [-0.25, -0.2) is 9.97 Å². The van der Waals surface area contributed by atoms with Crippen molar-refractivity contribution >= 4 is 17.2 Å². The lowest BCUT2D eigenvalue weighted by molar-refractivity contribution is 0.269. The van der Waals surface area contributed by atoms with E-state index in [1.807, 2.05) is 31.4 Å². The maximum atomic E-state index is 4.60. The minimum atomic E-state index is 0.715. The van der Waals surface area contributed by atoms with Crippen LogP contribution in [0.1, 0.15) is 35.7 Å². The highest BCUT2D eigenvalue weighted by atomic mass is 32.1. The second kappa shape index (κ2) is 8.03. The largest absolute Gasteiger partial charge is 0.361 e. The summed E-state index contributed by atoms with van der Waals surface area (Å²) in [5, 5.41) is 3.36. The van der Waals surface area contributed by atoms with Crippen molar-refractivity contribution in [2.24, 2.45) is 5.92 Å². The van der Waals surface area contributed by atoms with Crippen molar-refractivity contribution in [1.82, 2.24) is 19.9 Å². The monoisotopic (exact) mass is 345 g/mol. The van der Waals surface area contributed by atoms with E-state index in [2.05, 4.69) is 32.2 Å². The molecule has 0 aliphatic carbocycles. The lowest BCUT2D eigenvalue weighted by Gasteiger charge is -2.19. The van der Waals surface area contributed by atoms with Crippen LogP contribution in [0.5, 0.6) is 0 Å². The van der Waals surface area contributed by atoms with Crippen molar-refractivity contribution in [2.75, 3.05) is 32.1 Å². The molecule has 0 saturated carbocycles. The van der Waals surface area contributed by atoms with Gasteiger partial charge >= 0.3 is 0 Å². The highest BCUT2D eigenvalue weighted by Crippen LogP contribution is 2.22. The minimum absolute atomic E-state index is 0.715. The molecule has 1 aliphatic rings. The van der Waals surface area contributed by atoms with E-state index in [9.17, 15) is 0 Å². The normalized spacial score (nSPS) is 19.2. The molecule has 6 heteroatoms. The SMILES string of the molecule is Cc1nc(CN2CCC[C@H](Cc3cnc(N(C)C)cn3)CC2)cs1. The van der Waals surface area contributed by atoms with Crippen LogP contribution in [0.15, 0.2) is 17.8 Å². The van der Waals surface area contributed by atoms with Gasteiger partial charge in [-0.2, -0.15) is 0 Å². The van der Waals surface area contributed by atoms with Gasteiger partial charge < -0.3 is 4.90 Å². The predicted octanol–water partition coefficient (Wildman–Crippen LogP) is 3.15. The molecule has 2 aromatic rings. The molecule has 0 amide bonds. The third-order valence-electron chi connectivity index (χ3n) is 4.64. The Labute approximate surface area is 148 Å². The first-order valence-corrected chi connectivity index (χ1v) is 9.59. The molecule has 0 aromatic carbocycles. The first-order valence-electron chi connectivity index (χ1n) is 8.72. The van der Waals surface area contributed by atoms with Crippen molar-refractivity contribution in [3.63, 3.8) is 0 Å². The molecular formula is C18H27N5S. The predicted molar refractivity (Wildman–Crippen MR) is 99.5 cm³/mol. The third kappa shape index (κ3) is 4.74. The van der Waals surface area contributed by atoms with Gasteiger partial charge in [0.05, 0.1) is 28.8 Å². The van der Waals surface area contributed by atoms with Gasteiger partial charge in [-0.15, -0.1) is 11.3 Å². The fraction of sp³-hybridized carbons (Fsp3) is 0.611. The Balaban J connectivity index is 1.51. The van der Waals surface area contributed by atoms with Crippen LogP contribution in [-0.2, 0) is 13.0 Å². The zero-order chi connectivity index (χ0) is 16.9. The second-order valence-corrected chi connectivity index (χ2v) is 7.96. The molecule has 0 unspecified atom stereocenters. The first kappa shape index (κ1) is 17.3. The first-order chi connectivity index (χ1) is 11.6. The Hall–Kier alpha value is -1.53. The number of anilines is 1. The van der Waals surface area contributed by atoms with Gasteiger partial charge in [0.25, 0.3) is 0 Å².